The van der Waals surface area contributed by atoms with Crippen LogP contribution in [0.15, 0.2) is 57.7 Å². The molecule has 3 aromatic rings. The average molecular weight is 354 g/mol. The molecule has 6 nitrogen and oxygen atoms in total. The quantitative estimate of drug-likeness (QED) is 0.512. The standard InChI is InChI=1S/C20H18O6/c1-12(2)24-18-17(26-19(21)13-7-5-4-6-8-13)15-10-9-14(23-3)11-16(15)25-20(18)22/h4-12H,1-3H3. The molecule has 1 aromatic heterocycles. The summed E-state index contributed by atoms with van der Waals surface area (Å²) in [5, 5.41) is 0.435. The number of ether oxygens (including phenoxy) is 3. The van der Waals surface area contributed by atoms with Crippen LogP contribution in [0.3, 0.4) is 0 Å². The Kier molecular flexibility index (Phi) is 4.93. The summed E-state index contributed by atoms with van der Waals surface area (Å²) in [4.78, 5) is 24.9. The molecular weight excluding hydrogens is 336 g/mol. The Morgan fingerprint density at radius 2 is 1.77 bits per heavy atom. The van der Waals surface area contributed by atoms with Crippen molar-refractivity contribution in [2.45, 2.75) is 20.0 Å². The smallest absolute Gasteiger partial charge is 0.383 e. The van der Waals surface area contributed by atoms with Crippen molar-refractivity contribution in [1.82, 2.24) is 0 Å². The largest absolute Gasteiger partial charge is 0.497 e. The van der Waals surface area contributed by atoms with Gasteiger partial charge in [-0.2, -0.15) is 0 Å². The van der Waals surface area contributed by atoms with Gasteiger partial charge in [0.2, 0.25) is 5.75 Å². The van der Waals surface area contributed by atoms with Crippen LogP contribution in [0.2, 0.25) is 0 Å². The van der Waals surface area contributed by atoms with E-state index in [1.807, 2.05) is 0 Å². The van der Waals surface area contributed by atoms with Crippen molar-refractivity contribution >= 4 is 16.9 Å². The molecule has 134 valence electrons. The van der Waals surface area contributed by atoms with Gasteiger partial charge in [-0.1, -0.05) is 18.2 Å². The van der Waals surface area contributed by atoms with E-state index < -0.39 is 11.6 Å². The Bertz CT molecular complexity index is 988. The third kappa shape index (κ3) is 3.54. The molecule has 0 bridgehead atoms. The number of benzene rings is 2. The van der Waals surface area contributed by atoms with E-state index in [-0.39, 0.29) is 23.2 Å². The summed E-state index contributed by atoms with van der Waals surface area (Å²) in [6.07, 6.45) is -0.303. The highest BCUT2D eigenvalue weighted by Gasteiger charge is 2.22. The third-order valence-corrected chi connectivity index (χ3v) is 3.59. The molecule has 0 radical (unpaired) electrons. The molecule has 0 aliphatic rings. The summed E-state index contributed by atoms with van der Waals surface area (Å²) in [5.41, 5.74) is -0.130. The van der Waals surface area contributed by atoms with Gasteiger partial charge in [0.15, 0.2) is 5.75 Å². The molecule has 0 N–H and O–H groups in total. The lowest BCUT2D eigenvalue weighted by Crippen LogP contribution is -2.17. The monoisotopic (exact) mass is 354 g/mol. The summed E-state index contributed by atoms with van der Waals surface area (Å²) in [6, 6.07) is 13.4. The van der Waals surface area contributed by atoms with Gasteiger partial charge in [-0.3, -0.25) is 0 Å². The summed E-state index contributed by atoms with van der Waals surface area (Å²) in [7, 11) is 1.51. The summed E-state index contributed by atoms with van der Waals surface area (Å²) in [5.74, 6) is -0.191. The first-order valence-corrected chi connectivity index (χ1v) is 8.08. The van der Waals surface area contributed by atoms with Crippen LogP contribution in [0.5, 0.6) is 17.2 Å². The minimum Gasteiger partial charge on any atom is -0.497 e. The van der Waals surface area contributed by atoms with Crippen molar-refractivity contribution < 1.29 is 23.4 Å². The second-order valence-corrected chi connectivity index (χ2v) is 5.83. The second-order valence-electron chi connectivity index (χ2n) is 5.83. The Balaban J connectivity index is 2.15. The summed E-state index contributed by atoms with van der Waals surface area (Å²) in [6.45, 7) is 3.53. The molecule has 0 atom stereocenters. The summed E-state index contributed by atoms with van der Waals surface area (Å²) >= 11 is 0. The highest BCUT2D eigenvalue weighted by molar-refractivity contribution is 5.95. The molecule has 0 unspecified atom stereocenters. The Morgan fingerprint density at radius 3 is 2.42 bits per heavy atom. The average Bonchev–Trinajstić information content (AvgIpc) is 2.64. The van der Waals surface area contributed by atoms with Gasteiger partial charge in [0.1, 0.15) is 11.3 Å². The lowest BCUT2D eigenvalue weighted by molar-refractivity contribution is 0.0726. The van der Waals surface area contributed by atoms with E-state index in [1.54, 1.807) is 62.4 Å². The first-order chi connectivity index (χ1) is 12.5. The van der Waals surface area contributed by atoms with E-state index in [9.17, 15) is 9.59 Å². The van der Waals surface area contributed by atoms with Crippen LogP contribution in [0.1, 0.15) is 24.2 Å². The lowest BCUT2D eigenvalue weighted by atomic mass is 10.2. The molecule has 6 heteroatoms. The first-order valence-electron chi connectivity index (χ1n) is 8.08. The molecule has 0 saturated carbocycles. The highest BCUT2D eigenvalue weighted by atomic mass is 16.6. The number of methoxy groups -OCH3 is 1. The van der Waals surface area contributed by atoms with Gasteiger partial charge in [0.25, 0.3) is 0 Å². The fourth-order valence-electron chi connectivity index (χ4n) is 2.43. The number of carbonyl (C=O) groups excluding carboxylic acids is 1. The van der Waals surface area contributed by atoms with E-state index in [2.05, 4.69) is 0 Å². The Labute approximate surface area is 149 Å². The maximum absolute atomic E-state index is 12.5. The van der Waals surface area contributed by atoms with Crippen molar-refractivity contribution in [3.05, 3.63) is 64.5 Å². The van der Waals surface area contributed by atoms with Crippen LogP contribution in [0, 0.1) is 0 Å². The van der Waals surface area contributed by atoms with Gasteiger partial charge < -0.3 is 18.6 Å². The maximum atomic E-state index is 12.5. The zero-order chi connectivity index (χ0) is 18.7. The molecule has 26 heavy (non-hydrogen) atoms. The third-order valence-electron chi connectivity index (χ3n) is 3.59. The molecule has 1 heterocycles. The van der Waals surface area contributed by atoms with Crippen molar-refractivity contribution in [3.8, 4) is 17.2 Å². The fraction of sp³-hybridized carbons (Fsp3) is 0.200. The molecule has 0 amide bonds. The van der Waals surface area contributed by atoms with Crippen molar-refractivity contribution in [3.63, 3.8) is 0 Å². The molecule has 0 fully saturated rings. The van der Waals surface area contributed by atoms with Crippen LogP contribution in [-0.4, -0.2) is 19.2 Å². The van der Waals surface area contributed by atoms with Crippen molar-refractivity contribution in [1.29, 1.82) is 0 Å². The van der Waals surface area contributed by atoms with Crippen LogP contribution in [0.4, 0.5) is 0 Å². The van der Waals surface area contributed by atoms with Gasteiger partial charge in [0.05, 0.1) is 24.2 Å². The van der Waals surface area contributed by atoms with Crippen LogP contribution in [-0.2, 0) is 0 Å². The number of hydrogen-bond acceptors (Lipinski definition) is 6. The zero-order valence-corrected chi connectivity index (χ0v) is 14.6. The number of fused-ring (bicyclic) bond motifs is 1. The lowest BCUT2D eigenvalue weighted by Gasteiger charge is -2.15. The molecule has 0 aliphatic carbocycles. The molecule has 0 aliphatic heterocycles. The topological polar surface area (TPSA) is 75.0 Å². The summed E-state index contributed by atoms with van der Waals surface area (Å²) < 4.78 is 21.6. The number of carbonyl (C=O) groups is 1. The second kappa shape index (κ2) is 7.31. The molecular formula is C20H18O6. The Morgan fingerprint density at radius 1 is 1.04 bits per heavy atom. The van der Waals surface area contributed by atoms with E-state index in [0.717, 1.165) is 0 Å². The Hall–Kier alpha value is -3.28. The van der Waals surface area contributed by atoms with E-state index in [0.29, 0.717) is 16.7 Å². The van der Waals surface area contributed by atoms with E-state index in [4.69, 9.17) is 18.6 Å². The number of rotatable bonds is 5. The number of esters is 1. The van der Waals surface area contributed by atoms with Gasteiger partial charge in [-0.25, -0.2) is 9.59 Å². The van der Waals surface area contributed by atoms with E-state index in [1.165, 1.54) is 7.11 Å². The van der Waals surface area contributed by atoms with Crippen LogP contribution < -0.4 is 19.8 Å². The van der Waals surface area contributed by atoms with Gasteiger partial charge in [-0.05, 0) is 38.1 Å². The van der Waals surface area contributed by atoms with Gasteiger partial charge in [0, 0.05) is 6.07 Å². The first kappa shape index (κ1) is 17.5. The minimum atomic E-state index is -0.727. The molecule has 3 rings (SSSR count). The molecule has 2 aromatic carbocycles. The van der Waals surface area contributed by atoms with Crippen molar-refractivity contribution in [2.75, 3.05) is 7.11 Å². The van der Waals surface area contributed by atoms with Gasteiger partial charge >= 0.3 is 11.6 Å². The van der Waals surface area contributed by atoms with E-state index >= 15 is 0 Å². The maximum Gasteiger partial charge on any atom is 0.383 e. The highest BCUT2D eigenvalue weighted by Crippen LogP contribution is 2.35. The normalized spacial score (nSPS) is 10.8. The van der Waals surface area contributed by atoms with Gasteiger partial charge in [-0.15, -0.1) is 0 Å². The van der Waals surface area contributed by atoms with Crippen molar-refractivity contribution in [2.24, 2.45) is 0 Å². The van der Waals surface area contributed by atoms with Crippen LogP contribution >= 0.6 is 0 Å². The molecule has 0 spiro atoms. The molecule has 0 saturated heterocycles. The predicted molar refractivity (Wildman–Crippen MR) is 96.2 cm³/mol. The zero-order valence-electron chi connectivity index (χ0n) is 14.6. The fourth-order valence-corrected chi connectivity index (χ4v) is 2.43. The predicted octanol–water partition coefficient (Wildman–Crippen LogP) is 3.81. The minimum absolute atomic E-state index is 0.0291. The SMILES string of the molecule is COc1ccc2c(OC(=O)c3ccccc3)c(OC(C)C)c(=O)oc2c1. The number of hydrogen-bond donors (Lipinski definition) is 0. The van der Waals surface area contributed by atoms with Crippen LogP contribution in [0.25, 0.3) is 11.0 Å².